The Morgan fingerprint density at radius 2 is 2.15 bits per heavy atom. The van der Waals surface area contributed by atoms with Crippen molar-refractivity contribution >= 4 is 5.97 Å². The van der Waals surface area contributed by atoms with Gasteiger partial charge in [-0.2, -0.15) is 5.26 Å². The largest absolute Gasteiger partial charge is 0.493 e. The number of hydrogen-bond donors (Lipinski definition) is 0. The average molecular weight is 447 g/mol. The summed E-state index contributed by atoms with van der Waals surface area (Å²) in [5.74, 6) is -0.260. The highest BCUT2D eigenvalue weighted by atomic mass is 19.1. The summed E-state index contributed by atoms with van der Waals surface area (Å²) in [7, 11) is 0. The van der Waals surface area contributed by atoms with E-state index in [4.69, 9.17) is 14.2 Å². The van der Waals surface area contributed by atoms with E-state index in [1.165, 1.54) is 12.3 Å². The Morgan fingerprint density at radius 1 is 1.27 bits per heavy atom. The highest BCUT2D eigenvalue weighted by molar-refractivity contribution is 5.75. The minimum absolute atomic E-state index is 0.102. The fraction of sp³-hybridized carbons (Fsp3) is 0.280. The van der Waals surface area contributed by atoms with Crippen molar-refractivity contribution in [2.45, 2.75) is 32.8 Å². The average Bonchev–Trinajstić information content (AvgIpc) is 2.81. The van der Waals surface area contributed by atoms with E-state index in [0.717, 1.165) is 5.56 Å². The molecule has 0 fully saturated rings. The van der Waals surface area contributed by atoms with Crippen molar-refractivity contribution in [1.29, 1.82) is 5.26 Å². The maximum absolute atomic E-state index is 15.0. The van der Waals surface area contributed by atoms with Crippen LogP contribution >= 0.6 is 0 Å². The van der Waals surface area contributed by atoms with E-state index >= 15 is 4.39 Å². The van der Waals surface area contributed by atoms with Crippen LogP contribution in [0.15, 0.2) is 42.6 Å². The molecular weight excluding hydrogens is 425 g/mol. The molecule has 1 aromatic carbocycles. The van der Waals surface area contributed by atoms with Crippen LogP contribution in [0.5, 0.6) is 11.6 Å². The van der Waals surface area contributed by atoms with Crippen molar-refractivity contribution < 1.29 is 23.4 Å². The number of carbonyl (C=O) groups is 1. The Labute approximate surface area is 190 Å². The van der Waals surface area contributed by atoms with Gasteiger partial charge in [-0.1, -0.05) is 6.07 Å². The molecule has 3 heterocycles. The molecule has 4 rings (SSSR count). The third-order valence-corrected chi connectivity index (χ3v) is 5.18. The lowest BCUT2D eigenvalue weighted by atomic mass is 10.0. The number of carbonyl (C=O) groups excluding carboxylic acids is 1. The van der Waals surface area contributed by atoms with Crippen molar-refractivity contribution in [3.8, 4) is 29.0 Å². The molecule has 3 aromatic rings. The predicted octanol–water partition coefficient (Wildman–Crippen LogP) is 4.16. The normalized spacial score (nSPS) is 12.9. The zero-order valence-electron chi connectivity index (χ0n) is 18.1. The molecule has 0 aliphatic carbocycles. The van der Waals surface area contributed by atoms with Gasteiger partial charge in [0.1, 0.15) is 24.2 Å². The first-order chi connectivity index (χ1) is 16.1. The summed E-state index contributed by atoms with van der Waals surface area (Å²) in [5, 5.41) is 9.22. The number of fused-ring (bicyclic) bond motifs is 6. The molecule has 0 spiro atoms. The molecule has 4 bridgehead atoms. The lowest BCUT2D eigenvalue weighted by Crippen LogP contribution is -2.11. The summed E-state index contributed by atoms with van der Waals surface area (Å²) in [6, 6.07) is 11.8. The standard InChI is InChI=1S/C25H22FN3O4/c1-2-31-25(30)11-18-10-20(26)19-12-23(18)32-8-4-5-17-9-16(13-27)14-28-22(17)15-33-24-7-3-6-21(19)29-24/h3,6-7,9-10,12,14H,2,4-5,8,11,15H2,1H3. The third-order valence-electron chi connectivity index (χ3n) is 5.18. The maximum Gasteiger partial charge on any atom is 0.310 e. The number of halogens is 1. The van der Waals surface area contributed by atoms with Gasteiger partial charge in [0.2, 0.25) is 5.88 Å². The highest BCUT2D eigenvalue weighted by Gasteiger charge is 2.18. The minimum atomic E-state index is -0.519. The number of esters is 1. The number of aromatic nitrogens is 2. The monoisotopic (exact) mass is 447 g/mol. The molecule has 0 saturated carbocycles. The van der Waals surface area contributed by atoms with E-state index in [9.17, 15) is 10.1 Å². The zero-order valence-corrected chi connectivity index (χ0v) is 18.1. The van der Waals surface area contributed by atoms with Gasteiger partial charge in [-0.15, -0.1) is 0 Å². The molecule has 0 N–H and O–H groups in total. The Bertz CT molecular complexity index is 1220. The van der Waals surface area contributed by atoms with Crippen molar-refractivity contribution in [3.63, 3.8) is 0 Å². The van der Waals surface area contributed by atoms with Crippen LogP contribution in [-0.4, -0.2) is 29.2 Å². The van der Waals surface area contributed by atoms with E-state index in [2.05, 4.69) is 16.0 Å². The number of aryl methyl sites for hydroxylation is 1. The Kier molecular flexibility index (Phi) is 6.79. The van der Waals surface area contributed by atoms with E-state index < -0.39 is 11.8 Å². The highest BCUT2D eigenvalue weighted by Crippen LogP contribution is 2.31. The van der Waals surface area contributed by atoms with Crippen molar-refractivity contribution in [1.82, 2.24) is 9.97 Å². The summed E-state index contributed by atoms with van der Waals surface area (Å²) < 4.78 is 31.8. The van der Waals surface area contributed by atoms with Gasteiger partial charge in [0.15, 0.2) is 0 Å². The number of hydrogen-bond acceptors (Lipinski definition) is 7. The fourth-order valence-corrected chi connectivity index (χ4v) is 3.61. The molecule has 2 aromatic heterocycles. The second kappa shape index (κ2) is 10.1. The number of ether oxygens (including phenoxy) is 3. The Hall–Kier alpha value is -3.99. The van der Waals surface area contributed by atoms with Gasteiger partial charge in [-0.05, 0) is 49.6 Å². The molecule has 1 aliphatic heterocycles. The maximum atomic E-state index is 15.0. The van der Waals surface area contributed by atoms with Crippen LogP contribution in [0, 0.1) is 17.1 Å². The van der Waals surface area contributed by atoms with E-state index in [-0.39, 0.29) is 25.2 Å². The summed E-state index contributed by atoms with van der Waals surface area (Å²) in [6.07, 6.45) is 2.64. The van der Waals surface area contributed by atoms with Gasteiger partial charge in [0, 0.05) is 23.4 Å². The first-order valence-electron chi connectivity index (χ1n) is 10.7. The topological polar surface area (TPSA) is 94.3 Å². The second-order valence-corrected chi connectivity index (χ2v) is 7.46. The smallest absolute Gasteiger partial charge is 0.310 e. The number of benzene rings is 1. The van der Waals surface area contributed by atoms with E-state index in [0.29, 0.717) is 53.6 Å². The van der Waals surface area contributed by atoms with E-state index in [1.807, 2.05) is 0 Å². The van der Waals surface area contributed by atoms with Crippen molar-refractivity contribution in [2.75, 3.05) is 13.2 Å². The molecule has 1 aliphatic rings. The Morgan fingerprint density at radius 3 is 2.97 bits per heavy atom. The summed E-state index contributed by atoms with van der Waals surface area (Å²) in [5.41, 5.74) is 3.09. The van der Waals surface area contributed by atoms with Crippen LogP contribution in [0.2, 0.25) is 0 Å². The van der Waals surface area contributed by atoms with Gasteiger partial charge in [0.25, 0.3) is 0 Å². The quantitative estimate of drug-likeness (QED) is 0.556. The van der Waals surface area contributed by atoms with Gasteiger partial charge < -0.3 is 14.2 Å². The predicted molar refractivity (Wildman–Crippen MR) is 117 cm³/mol. The lowest BCUT2D eigenvalue weighted by molar-refractivity contribution is -0.142. The van der Waals surface area contributed by atoms with Crippen LogP contribution in [0.1, 0.15) is 35.7 Å². The van der Waals surface area contributed by atoms with Crippen LogP contribution in [0.25, 0.3) is 11.3 Å². The van der Waals surface area contributed by atoms with Crippen LogP contribution in [-0.2, 0) is 29.0 Å². The zero-order chi connectivity index (χ0) is 23.2. The molecule has 0 atom stereocenters. The number of nitrogens with zero attached hydrogens (tertiary/aromatic N) is 3. The van der Waals surface area contributed by atoms with Crippen LogP contribution in [0.4, 0.5) is 4.39 Å². The number of nitriles is 1. The van der Waals surface area contributed by atoms with Crippen LogP contribution in [0.3, 0.4) is 0 Å². The van der Waals surface area contributed by atoms with Gasteiger partial charge in [-0.25, -0.2) is 9.37 Å². The third kappa shape index (κ3) is 5.26. The number of pyridine rings is 2. The summed E-state index contributed by atoms with van der Waals surface area (Å²) >= 11 is 0. The molecule has 8 heteroatoms. The molecule has 0 radical (unpaired) electrons. The lowest BCUT2D eigenvalue weighted by Gasteiger charge is -2.16. The van der Waals surface area contributed by atoms with Crippen LogP contribution < -0.4 is 9.47 Å². The molecule has 33 heavy (non-hydrogen) atoms. The molecular formula is C25H22FN3O4. The first-order valence-corrected chi connectivity index (χ1v) is 10.7. The number of rotatable bonds is 3. The van der Waals surface area contributed by atoms with E-state index in [1.54, 1.807) is 37.3 Å². The molecule has 0 unspecified atom stereocenters. The second-order valence-electron chi connectivity index (χ2n) is 7.46. The van der Waals surface area contributed by atoms with Crippen molar-refractivity contribution in [2.24, 2.45) is 0 Å². The SMILES string of the molecule is CCOC(=O)Cc1cc(F)c2cc1OCCCc1cc(C#N)cnc1COc1cccc-2n1. The van der Waals surface area contributed by atoms with Gasteiger partial charge >= 0.3 is 5.97 Å². The molecule has 0 saturated heterocycles. The fourth-order valence-electron chi connectivity index (χ4n) is 3.61. The van der Waals surface area contributed by atoms with Crippen molar-refractivity contribution in [3.05, 3.63) is 70.8 Å². The summed E-state index contributed by atoms with van der Waals surface area (Å²) in [4.78, 5) is 20.8. The van der Waals surface area contributed by atoms with Gasteiger partial charge in [-0.3, -0.25) is 9.78 Å². The summed E-state index contributed by atoms with van der Waals surface area (Å²) in [6.45, 7) is 2.45. The minimum Gasteiger partial charge on any atom is -0.493 e. The Balaban J connectivity index is 1.73. The molecule has 168 valence electrons. The van der Waals surface area contributed by atoms with Gasteiger partial charge in [0.05, 0.1) is 36.6 Å². The molecule has 7 nitrogen and oxygen atoms in total. The molecule has 0 amide bonds. The first kappa shape index (κ1) is 22.2.